The number of carbonyl (C=O) groups excluding carboxylic acids is 1. The zero-order valence-electron chi connectivity index (χ0n) is 16.3. The van der Waals surface area contributed by atoms with E-state index in [1.165, 1.54) is 18.2 Å². The van der Waals surface area contributed by atoms with E-state index >= 15 is 0 Å². The van der Waals surface area contributed by atoms with Crippen molar-refractivity contribution < 1.29 is 13.2 Å². The lowest BCUT2D eigenvalue weighted by molar-refractivity contribution is 0.102. The van der Waals surface area contributed by atoms with Gasteiger partial charge in [-0.2, -0.15) is 0 Å². The van der Waals surface area contributed by atoms with Crippen molar-refractivity contribution in [3.63, 3.8) is 0 Å². The highest BCUT2D eigenvalue weighted by molar-refractivity contribution is 7.90. The Bertz CT molecular complexity index is 1380. The first-order valence-electron chi connectivity index (χ1n) is 9.07. The summed E-state index contributed by atoms with van der Waals surface area (Å²) in [5, 5.41) is 2.92. The number of hydrogen-bond donors (Lipinski definition) is 1. The van der Waals surface area contributed by atoms with Crippen LogP contribution in [-0.4, -0.2) is 30.0 Å². The molecule has 0 unspecified atom stereocenters. The van der Waals surface area contributed by atoms with Crippen molar-refractivity contribution in [3.05, 3.63) is 83.1 Å². The molecule has 0 saturated heterocycles. The van der Waals surface area contributed by atoms with Crippen molar-refractivity contribution in [3.8, 4) is 11.3 Å². The topological polar surface area (TPSA) is 80.5 Å². The molecular formula is C22H18ClN3O3S. The van der Waals surface area contributed by atoms with E-state index in [1.54, 1.807) is 12.1 Å². The first-order chi connectivity index (χ1) is 14.2. The molecule has 30 heavy (non-hydrogen) atoms. The Labute approximate surface area is 179 Å². The van der Waals surface area contributed by atoms with Crippen molar-refractivity contribution in [1.29, 1.82) is 0 Å². The van der Waals surface area contributed by atoms with Gasteiger partial charge in [-0.15, -0.1) is 0 Å². The number of anilines is 1. The normalized spacial score (nSPS) is 11.6. The third kappa shape index (κ3) is 4.08. The summed E-state index contributed by atoms with van der Waals surface area (Å²) in [7, 11) is -3.45. The van der Waals surface area contributed by atoms with Crippen LogP contribution < -0.4 is 5.32 Å². The number of nitrogens with one attached hydrogen (secondary N) is 1. The highest BCUT2D eigenvalue weighted by atomic mass is 35.5. The molecule has 4 rings (SSSR count). The predicted molar refractivity (Wildman–Crippen MR) is 118 cm³/mol. The van der Waals surface area contributed by atoms with Crippen LogP contribution in [0.15, 0.2) is 71.9 Å². The average molecular weight is 440 g/mol. The number of rotatable bonds is 4. The van der Waals surface area contributed by atoms with Crippen molar-refractivity contribution in [2.24, 2.45) is 0 Å². The highest BCUT2D eigenvalue weighted by Crippen LogP contribution is 2.24. The van der Waals surface area contributed by atoms with Crippen LogP contribution in [0.25, 0.3) is 16.9 Å². The molecule has 0 aliphatic carbocycles. The molecule has 2 heterocycles. The summed E-state index contributed by atoms with van der Waals surface area (Å²) in [4.78, 5) is 17.3. The third-order valence-electron chi connectivity index (χ3n) is 4.66. The molecule has 0 radical (unpaired) electrons. The van der Waals surface area contributed by atoms with Crippen LogP contribution in [0, 0.1) is 6.92 Å². The van der Waals surface area contributed by atoms with Gasteiger partial charge in [0.05, 0.1) is 21.2 Å². The number of aryl methyl sites for hydroxylation is 1. The first kappa shape index (κ1) is 20.1. The summed E-state index contributed by atoms with van der Waals surface area (Å²) < 4.78 is 25.5. The molecule has 0 aliphatic rings. The SMILES string of the molecule is Cc1ccn2cc(-c3ccc(NC(=O)c4cc(S(C)(=O)=O)ccc4Cl)cc3)nc2c1. The Kier molecular flexibility index (Phi) is 5.09. The Morgan fingerprint density at radius 3 is 2.50 bits per heavy atom. The molecule has 2 aromatic carbocycles. The van der Waals surface area contributed by atoms with Crippen molar-refractivity contribution in [2.45, 2.75) is 11.8 Å². The summed E-state index contributed by atoms with van der Waals surface area (Å²) in [6.45, 7) is 2.02. The van der Waals surface area contributed by atoms with E-state index < -0.39 is 15.7 Å². The maximum Gasteiger partial charge on any atom is 0.257 e. The van der Waals surface area contributed by atoms with Gasteiger partial charge in [-0.1, -0.05) is 23.7 Å². The van der Waals surface area contributed by atoms with E-state index in [9.17, 15) is 13.2 Å². The fraction of sp³-hybridized carbons (Fsp3) is 0.0909. The van der Waals surface area contributed by atoms with Crippen molar-refractivity contribution >= 4 is 38.7 Å². The molecule has 0 aliphatic heterocycles. The lowest BCUT2D eigenvalue weighted by atomic mass is 10.1. The summed E-state index contributed by atoms with van der Waals surface area (Å²) in [6.07, 6.45) is 4.99. The molecule has 4 aromatic rings. The molecule has 152 valence electrons. The van der Waals surface area contributed by atoms with Gasteiger partial charge in [-0.25, -0.2) is 13.4 Å². The molecule has 1 amide bonds. The molecule has 0 saturated carbocycles. The number of sulfone groups is 1. The monoisotopic (exact) mass is 439 g/mol. The van der Waals surface area contributed by atoms with Gasteiger partial charge in [0.25, 0.3) is 5.91 Å². The van der Waals surface area contributed by atoms with Crippen LogP contribution in [-0.2, 0) is 9.84 Å². The molecule has 0 atom stereocenters. The van der Waals surface area contributed by atoms with Crippen LogP contribution in [0.3, 0.4) is 0 Å². The molecule has 0 bridgehead atoms. The van der Waals surface area contributed by atoms with E-state index in [-0.39, 0.29) is 15.5 Å². The van der Waals surface area contributed by atoms with Crippen LogP contribution in [0.1, 0.15) is 15.9 Å². The lowest BCUT2D eigenvalue weighted by Crippen LogP contribution is -2.13. The third-order valence-corrected chi connectivity index (χ3v) is 6.10. The van der Waals surface area contributed by atoms with Gasteiger partial charge >= 0.3 is 0 Å². The predicted octanol–water partition coefficient (Wildman–Crippen LogP) is 4.62. The number of hydrogen-bond acceptors (Lipinski definition) is 4. The number of amides is 1. The number of benzene rings is 2. The second kappa shape index (κ2) is 7.59. The smallest absolute Gasteiger partial charge is 0.257 e. The molecule has 0 fully saturated rings. The number of halogens is 1. The molecule has 6 nitrogen and oxygen atoms in total. The van der Waals surface area contributed by atoms with Crippen molar-refractivity contribution in [2.75, 3.05) is 11.6 Å². The number of pyridine rings is 1. The van der Waals surface area contributed by atoms with E-state index in [1.807, 2.05) is 48.0 Å². The maximum absolute atomic E-state index is 12.6. The zero-order valence-corrected chi connectivity index (χ0v) is 17.8. The molecule has 0 spiro atoms. The van der Waals surface area contributed by atoms with Crippen LogP contribution >= 0.6 is 11.6 Å². The zero-order chi connectivity index (χ0) is 21.5. The fourth-order valence-corrected chi connectivity index (χ4v) is 3.91. The first-order valence-corrected chi connectivity index (χ1v) is 11.3. The Hall–Kier alpha value is -3.16. The minimum absolute atomic E-state index is 0.0366. The van der Waals surface area contributed by atoms with Crippen LogP contribution in [0.2, 0.25) is 5.02 Å². The highest BCUT2D eigenvalue weighted by Gasteiger charge is 2.16. The molecule has 1 N–H and O–H groups in total. The van der Waals surface area contributed by atoms with Gasteiger partial charge < -0.3 is 9.72 Å². The standard InChI is InChI=1S/C22H18ClN3O3S/c1-14-9-10-26-13-20(25-21(26)11-14)15-3-5-16(6-4-15)24-22(27)18-12-17(30(2,28)29)7-8-19(18)23/h3-13H,1-2H3,(H,24,27). The molecular weight excluding hydrogens is 422 g/mol. The second-order valence-corrected chi connectivity index (χ2v) is 9.46. The van der Waals surface area contributed by atoms with Gasteiger partial charge in [-0.05, 0) is 55.0 Å². The fourth-order valence-electron chi connectivity index (χ4n) is 3.05. The largest absolute Gasteiger partial charge is 0.322 e. The summed E-state index contributed by atoms with van der Waals surface area (Å²) in [5.41, 5.74) is 4.39. The van der Waals surface area contributed by atoms with Gasteiger partial charge in [0.15, 0.2) is 9.84 Å². The molecule has 8 heteroatoms. The van der Waals surface area contributed by atoms with E-state index in [0.29, 0.717) is 5.69 Å². The van der Waals surface area contributed by atoms with Gasteiger partial charge in [0, 0.05) is 29.9 Å². The summed E-state index contributed by atoms with van der Waals surface area (Å²) in [6, 6.07) is 15.3. The Balaban J connectivity index is 1.57. The maximum atomic E-state index is 12.6. The average Bonchev–Trinajstić information content (AvgIpc) is 3.11. The number of imidazole rings is 1. The lowest BCUT2D eigenvalue weighted by Gasteiger charge is -2.09. The van der Waals surface area contributed by atoms with E-state index in [0.717, 1.165) is 28.7 Å². The number of aromatic nitrogens is 2. The van der Waals surface area contributed by atoms with E-state index in [2.05, 4.69) is 10.3 Å². The number of fused-ring (bicyclic) bond motifs is 1. The van der Waals surface area contributed by atoms with Crippen molar-refractivity contribution in [1.82, 2.24) is 9.38 Å². The van der Waals surface area contributed by atoms with Crippen LogP contribution in [0.5, 0.6) is 0 Å². The quantitative estimate of drug-likeness (QED) is 0.503. The van der Waals surface area contributed by atoms with Gasteiger partial charge in [-0.3, -0.25) is 4.79 Å². The van der Waals surface area contributed by atoms with Crippen LogP contribution in [0.4, 0.5) is 5.69 Å². The van der Waals surface area contributed by atoms with E-state index in [4.69, 9.17) is 11.6 Å². The second-order valence-electron chi connectivity index (χ2n) is 7.04. The Morgan fingerprint density at radius 1 is 1.07 bits per heavy atom. The number of carbonyl (C=O) groups is 1. The summed E-state index contributed by atoms with van der Waals surface area (Å²) >= 11 is 6.10. The summed E-state index contributed by atoms with van der Waals surface area (Å²) in [5.74, 6) is -0.485. The molecule has 2 aromatic heterocycles. The Morgan fingerprint density at radius 2 is 1.80 bits per heavy atom. The van der Waals surface area contributed by atoms with Gasteiger partial charge in [0.2, 0.25) is 0 Å². The minimum atomic E-state index is -3.45. The minimum Gasteiger partial charge on any atom is -0.322 e. The number of nitrogens with zero attached hydrogens (tertiary/aromatic N) is 2. The van der Waals surface area contributed by atoms with Gasteiger partial charge in [0.1, 0.15) is 5.65 Å².